The zero-order valence-electron chi connectivity index (χ0n) is 10.7. The third kappa shape index (κ3) is 3.24. The van der Waals surface area contributed by atoms with Crippen LogP contribution in [0.5, 0.6) is 0 Å². The highest BCUT2D eigenvalue weighted by Gasteiger charge is 2.19. The van der Waals surface area contributed by atoms with Crippen molar-refractivity contribution in [3.8, 4) is 0 Å². The van der Waals surface area contributed by atoms with Crippen LogP contribution in [0.2, 0.25) is 0 Å². The largest absolute Gasteiger partial charge is 0.472 e. The van der Waals surface area contributed by atoms with E-state index in [4.69, 9.17) is 4.42 Å². The van der Waals surface area contributed by atoms with Crippen LogP contribution in [0.3, 0.4) is 0 Å². The predicted molar refractivity (Wildman–Crippen MR) is 70.0 cm³/mol. The van der Waals surface area contributed by atoms with Crippen molar-refractivity contribution in [1.82, 2.24) is 4.72 Å². The average Bonchev–Trinajstić information content (AvgIpc) is 2.89. The van der Waals surface area contributed by atoms with Crippen LogP contribution in [-0.2, 0) is 10.0 Å². The quantitative estimate of drug-likeness (QED) is 0.881. The molecule has 1 aromatic heterocycles. The SMILES string of the molecule is Cc1cc(F)ccc1S(=O)(=O)NC[C@H](O)c1ccoc1. The second-order valence-electron chi connectivity index (χ2n) is 4.33. The molecule has 0 radical (unpaired) electrons. The molecule has 2 N–H and O–H groups in total. The lowest BCUT2D eigenvalue weighted by Crippen LogP contribution is -2.29. The average molecular weight is 299 g/mol. The summed E-state index contributed by atoms with van der Waals surface area (Å²) in [5.41, 5.74) is 0.777. The van der Waals surface area contributed by atoms with E-state index in [1.54, 1.807) is 6.07 Å². The monoisotopic (exact) mass is 299 g/mol. The Bertz CT molecular complexity index is 682. The minimum atomic E-state index is -3.80. The van der Waals surface area contributed by atoms with E-state index in [-0.39, 0.29) is 11.4 Å². The molecule has 2 aromatic rings. The van der Waals surface area contributed by atoms with Gasteiger partial charge in [-0.3, -0.25) is 0 Å². The first kappa shape index (κ1) is 14.7. The van der Waals surface area contributed by atoms with Crippen molar-refractivity contribution >= 4 is 10.0 Å². The number of hydrogen-bond acceptors (Lipinski definition) is 4. The third-order valence-electron chi connectivity index (χ3n) is 2.82. The molecule has 7 heteroatoms. The molecule has 1 heterocycles. The summed E-state index contributed by atoms with van der Waals surface area (Å²) in [4.78, 5) is -0.0155. The van der Waals surface area contributed by atoms with Crippen LogP contribution < -0.4 is 4.72 Å². The van der Waals surface area contributed by atoms with E-state index in [0.29, 0.717) is 11.1 Å². The van der Waals surface area contributed by atoms with Crippen LogP contribution in [0.15, 0.2) is 46.1 Å². The molecular weight excluding hydrogens is 285 g/mol. The van der Waals surface area contributed by atoms with Gasteiger partial charge in [0.1, 0.15) is 5.82 Å². The molecule has 20 heavy (non-hydrogen) atoms. The van der Waals surface area contributed by atoms with Gasteiger partial charge in [-0.25, -0.2) is 17.5 Å². The summed E-state index contributed by atoms with van der Waals surface area (Å²) in [6, 6.07) is 4.95. The minimum absolute atomic E-state index is 0.0155. The smallest absolute Gasteiger partial charge is 0.240 e. The highest BCUT2D eigenvalue weighted by Crippen LogP contribution is 2.17. The molecule has 0 bridgehead atoms. The highest BCUT2D eigenvalue weighted by atomic mass is 32.2. The van der Waals surface area contributed by atoms with Gasteiger partial charge in [-0.15, -0.1) is 0 Å². The molecule has 1 aromatic carbocycles. The van der Waals surface area contributed by atoms with Crippen LogP contribution in [0.25, 0.3) is 0 Å². The number of aliphatic hydroxyl groups is 1. The van der Waals surface area contributed by atoms with Gasteiger partial charge < -0.3 is 9.52 Å². The van der Waals surface area contributed by atoms with Crippen molar-refractivity contribution in [2.75, 3.05) is 6.54 Å². The van der Waals surface area contributed by atoms with E-state index in [9.17, 15) is 17.9 Å². The summed E-state index contributed by atoms with van der Waals surface area (Å²) < 4.78 is 44.2. The maximum atomic E-state index is 13.0. The van der Waals surface area contributed by atoms with Crippen molar-refractivity contribution in [2.24, 2.45) is 0 Å². The van der Waals surface area contributed by atoms with Crippen LogP contribution in [0, 0.1) is 12.7 Å². The number of benzene rings is 1. The van der Waals surface area contributed by atoms with Crippen LogP contribution >= 0.6 is 0 Å². The Labute approximate surface area is 116 Å². The van der Waals surface area contributed by atoms with Crippen molar-refractivity contribution in [3.05, 3.63) is 53.7 Å². The summed E-state index contributed by atoms with van der Waals surface area (Å²) in [6.07, 6.45) is 1.71. The number of furan rings is 1. The third-order valence-corrected chi connectivity index (χ3v) is 4.40. The van der Waals surface area contributed by atoms with E-state index >= 15 is 0 Å². The Kier molecular flexibility index (Phi) is 4.22. The molecule has 2 rings (SSSR count). The fourth-order valence-electron chi connectivity index (χ4n) is 1.76. The molecule has 0 unspecified atom stereocenters. The van der Waals surface area contributed by atoms with Gasteiger partial charge in [-0.1, -0.05) is 0 Å². The van der Waals surface area contributed by atoms with Gasteiger partial charge in [0.05, 0.1) is 23.5 Å². The Morgan fingerprint density at radius 2 is 2.15 bits per heavy atom. The summed E-state index contributed by atoms with van der Waals surface area (Å²) >= 11 is 0. The van der Waals surface area contributed by atoms with Crippen LogP contribution in [0.4, 0.5) is 4.39 Å². The molecule has 5 nitrogen and oxygen atoms in total. The van der Waals surface area contributed by atoms with E-state index in [1.807, 2.05) is 0 Å². The topological polar surface area (TPSA) is 79.5 Å². The Morgan fingerprint density at radius 3 is 2.75 bits per heavy atom. The number of nitrogens with one attached hydrogen (secondary N) is 1. The van der Waals surface area contributed by atoms with Crippen molar-refractivity contribution < 1.29 is 22.3 Å². The van der Waals surface area contributed by atoms with Gasteiger partial charge >= 0.3 is 0 Å². The normalized spacial score (nSPS) is 13.3. The van der Waals surface area contributed by atoms with Crippen molar-refractivity contribution in [1.29, 1.82) is 0 Å². The Hall–Kier alpha value is -1.70. The molecule has 0 saturated carbocycles. The first-order valence-electron chi connectivity index (χ1n) is 5.86. The van der Waals surface area contributed by atoms with Crippen LogP contribution in [0.1, 0.15) is 17.2 Å². The molecule has 0 fully saturated rings. The molecule has 0 aliphatic carbocycles. The Morgan fingerprint density at radius 1 is 1.40 bits per heavy atom. The second kappa shape index (κ2) is 5.74. The van der Waals surface area contributed by atoms with Crippen molar-refractivity contribution in [3.63, 3.8) is 0 Å². The number of rotatable bonds is 5. The highest BCUT2D eigenvalue weighted by molar-refractivity contribution is 7.89. The molecule has 0 spiro atoms. The van der Waals surface area contributed by atoms with Gasteiger partial charge in [-0.05, 0) is 36.8 Å². The van der Waals surface area contributed by atoms with Gasteiger partial charge in [0, 0.05) is 12.1 Å². The van der Waals surface area contributed by atoms with Gasteiger partial charge in [0.15, 0.2) is 0 Å². The first-order chi connectivity index (χ1) is 9.40. The number of halogens is 1. The number of hydrogen-bond donors (Lipinski definition) is 2. The number of aliphatic hydroxyl groups excluding tert-OH is 1. The van der Waals surface area contributed by atoms with Gasteiger partial charge in [0.25, 0.3) is 0 Å². The zero-order valence-corrected chi connectivity index (χ0v) is 11.5. The maximum Gasteiger partial charge on any atom is 0.240 e. The molecule has 0 saturated heterocycles. The summed E-state index contributed by atoms with van der Waals surface area (Å²) in [5, 5.41) is 9.79. The van der Waals surface area contributed by atoms with Gasteiger partial charge in [0.2, 0.25) is 10.0 Å². The zero-order chi connectivity index (χ0) is 14.8. The summed E-state index contributed by atoms with van der Waals surface area (Å²) in [7, 11) is -3.80. The minimum Gasteiger partial charge on any atom is -0.472 e. The second-order valence-corrected chi connectivity index (χ2v) is 6.07. The fraction of sp³-hybridized carbons (Fsp3) is 0.231. The van der Waals surface area contributed by atoms with E-state index in [1.165, 1.54) is 25.5 Å². The van der Waals surface area contributed by atoms with E-state index < -0.39 is 21.9 Å². The van der Waals surface area contributed by atoms with Crippen LogP contribution in [-0.4, -0.2) is 20.1 Å². The van der Waals surface area contributed by atoms with E-state index in [2.05, 4.69) is 4.72 Å². The lowest BCUT2D eigenvalue weighted by atomic mass is 10.2. The molecule has 108 valence electrons. The standard InChI is InChI=1S/C13H14FNO4S/c1-9-6-11(14)2-3-13(9)20(17,18)15-7-12(16)10-4-5-19-8-10/h2-6,8,12,15-16H,7H2,1H3/t12-/m0/s1. The Balaban J connectivity index is 2.11. The molecule has 0 aliphatic heterocycles. The molecule has 0 aliphatic rings. The molecular formula is C13H14FNO4S. The molecule has 1 atom stereocenters. The number of aryl methyl sites for hydroxylation is 1. The predicted octanol–water partition coefficient (Wildman–Crippen LogP) is 1.74. The summed E-state index contributed by atoms with van der Waals surface area (Å²) in [5.74, 6) is -0.500. The first-order valence-corrected chi connectivity index (χ1v) is 7.34. The lowest BCUT2D eigenvalue weighted by molar-refractivity contribution is 0.181. The van der Waals surface area contributed by atoms with Crippen molar-refractivity contribution in [2.45, 2.75) is 17.9 Å². The van der Waals surface area contributed by atoms with Gasteiger partial charge in [-0.2, -0.15) is 0 Å². The fourth-order valence-corrected chi connectivity index (χ4v) is 3.03. The van der Waals surface area contributed by atoms with E-state index in [0.717, 1.165) is 12.1 Å². The lowest BCUT2D eigenvalue weighted by Gasteiger charge is -2.12. The summed E-state index contributed by atoms with van der Waals surface area (Å²) in [6.45, 7) is 1.31. The maximum absolute atomic E-state index is 13.0. The molecule has 0 amide bonds. The number of sulfonamides is 1.